The molecule has 0 bridgehead atoms. The highest BCUT2D eigenvalue weighted by Crippen LogP contribution is 2.43. The molecule has 2 atom stereocenters. The lowest BCUT2D eigenvalue weighted by molar-refractivity contribution is -0.124. The highest BCUT2D eigenvalue weighted by Gasteiger charge is 2.53. The Labute approximate surface area is 163 Å². The van der Waals surface area contributed by atoms with E-state index in [1.54, 1.807) is 35.5 Å². The fraction of sp³-hybridized carbons (Fsp3) is 0.333. The smallest absolute Gasteiger partial charge is 0.258 e. The lowest BCUT2D eigenvalue weighted by atomic mass is 9.98. The van der Waals surface area contributed by atoms with Gasteiger partial charge in [0.25, 0.3) is 5.91 Å². The van der Waals surface area contributed by atoms with Crippen LogP contribution in [0.1, 0.15) is 48.7 Å². The summed E-state index contributed by atoms with van der Waals surface area (Å²) < 4.78 is 0. The van der Waals surface area contributed by atoms with Gasteiger partial charge in [-0.15, -0.1) is 0 Å². The molecule has 4 rings (SSSR count). The van der Waals surface area contributed by atoms with Gasteiger partial charge < -0.3 is 10.2 Å². The Morgan fingerprint density at radius 1 is 1.21 bits per heavy atom. The zero-order valence-corrected chi connectivity index (χ0v) is 15.9. The van der Waals surface area contributed by atoms with Crippen LogP contribution < -0.4 is 10.2 Å². The molecule has 1 aromatic heterocycles. The van der Waals surface area contributed by atoms with Crippen molar-refractivity contribution in [3.05, 3.63) is 59.9 Å². The molecule has 144 valence electrons. The van der Waals surface area contributed by atoms with Gasteiger partial charge in [-0.2, -0.15) is 0 Å². The maximum Gasteiger partial charge on any atom is 0.258 e. The number of para-hydroxylation sites is 1. The molecule has 1 N–H and O–H groups in total. The van der Waals surface area contributed by atoms with Gasteiger partial charge in [0, 0.05) is 18.8 Å². The van der Waals surface area contributed by atoms with Crippen molar-refractivity contribution in [1.29, 1.82) is 0 Å². The molecule has 2 unspecified atom stereocenters. The second-order valence-corrected chi connectivity index (χ2v) is 7.42. The van der Waals surface area contributed by atoms with Crippen LogP contribution in [0.15, 0.2) is 48.8 Å². The fourth-order valence-electron chi connectivity index (χ4n) is 4.11. The SMILES string of the molecule is CC(NC(=O)CN1C(=O)c2ccccc2N2C(=O)CCC12C)c1ccncc1. The van der Waals surface area contributed by atoms with Crippen molar-refractivity contribution in [1.82, 2.24) is 15.2 Å². The van der Waals surface area contributed by atoms with Gasteiger partial charge in [-0.05, 0) is 50.1 Å². The Hall–Kier alpha value is -3.22. The number of aromatic nitrogens is 1. The van der Waals surface area contributed by atoms with E-state index in [1.807, 2.05) is 32.0 Å². The summed E-state index contributed by atoms with van der Waals surface area (Å²) in [6, 6.07) is 10.5. The van der Waals surface area contributed by atoms with Crippen LogP contribution in [0.3, 0.4) is 0 Å². The van der Waals surface area contributed by atoms with E-state index in [1.165, 1.54) is 4.90 Å². The third-order valence-corrected chi connectivity index (χ3v) is 5.63. The number of fused-ring (bicyclic) bond motifs is 3. The number of nitrogens with zero attached hydrogens (tertiary/aromatic N) is 3. The second kappa shape index (κ2) is 6.74. The molecule has 0 saturated carbocycles. The van der Waals surface area contributed by atoms with Crippen LogP contribution >= 0.6 is 0 Å². The minimum Gasteiger partial charge on any atom is -0.348 e. The van der Waals surface area contributed by atoms with Gasteiger partial charge >= 0.3 is 0 Å². The van der Waals surface area contributed by atoms with Crippen molar-refractivity contribution < 1.29 is 14.4 Å². The number of benzene rings is 1. The molecule has 0 spiro atoms. The van der Waals surface area contributed by atoms with Gasteiger partial charge in [0.05, 0.1) is 17.3 Å². The molecule has 1 fully saturated rings. The Balaban J connectivity index is 1.60. The van der Waals surface area contributed by atoms with E-state index in [0.29, 0.717) is 24.1 Å². The molecule has 3 heterocycles. The van der Waals surface area contributed by atoms with E-state index in [-0.39, 0.29) is 30.3 Å². The average Bonchev–Trinajstić information content (AvgIpc) is 3.01. The minimum atomic E-state index is -0.834. The van der Waals surface area contributed by atoms with Gasteiger partial charge in [-0.25, -0.2) is 0 Å². The van der Waals surface area contributed by atoms with E-state index in [4.69, 9.17) is 0 Å². The van der Waals surface area contributed by atoms with Crippen molar-refractivity contribution in [2.24, 2.45) is 0 Å². The third-order valence-electron chi connectivity index (χ3n) is 5.63. The largest absolute Gasteiger partial charge is 0.348 e. The van der Waals surface area contributed by atoms with Crippen molar-refractivity contribution in [3.63, 3.8) is 0 Å². The first-order valence-electron chi connectivity index (χ1n) is 9.35. The van der Waals surface area contributed by atoms with Crippen LogP contribution in [0.5, 0.6) is 0 Å². The van der Waals surface area contributed by atoms with Gasteiger partial charge in [0.1, 0.15) is 12.2 Å². The molecule has 28 heavy (non-hydrogen) atoms. The number of carbonyl (C=O) groups excluding carboxylic acids is 3. The van der Waals surface area contributed by atoms with Crippen LogP contribution in [-0.2, 0) is 9.59 Å². The molecule has 2 aliphatic rings. The quantitative estimate of drug-likeness (QED) is 0.885. The summed E-state index contributed by atoms with van der Waals surface area (Å²) in [5, 5.41) is 2.93. The van der Waals surface area contributed by atoms with Crippen LogP contribution in [0, 0.1) is 0 Å². The number of carbonyl (C=O) groups is 3. The van der Waals surface area contributed by atoms with Crippen molar-refractivity contribution >= 4 is 23.4 Å². The Morgan fingerprint density at radius 2 is 1.93 bits per heavy atom. The summed E-state index contributed by atoms with van der Waals surface area (Å²) in [5.74, 6) is -0.522. The van der Waals surface area contributed by atoms with Gasteiger partial charge in [0.2, 0.25) is 11.8 Å². The first-order valence-corrected chi connectivity index (χ1v) is 9.35. The summed E-state index contributed by atoms with van der Waals surface area (Å²) in [7, 11) is 0. The Morgan fingerprint density at radius 3 is 2.68 bits per heavy atom. The molecule has 7 heteroatoms. The molecule has 0 aliphatic carbocycles. The number of anilines is 1. The molecule has 0 radical (unpaired) electrons. The molecule has 2 aliphatic heterocycles. The van der Waals surface area contributed by atoms with E-state index >= 15 is 0 Å². The summed E-state index contributed by atoms with van der Waals surface area (Å²) in [6.45, 7) is 3.63. The Kier molecular flexibility index (Phi) is 4.37. The topological polar surface area (TPSA) is 82.6 Å². The minimum absolute atomic E-state index is 0.0296. The predicted molar refractivity (Wildman–Crippen MR) is 103 cm³/mol. The van der Waals surface area contributed by atoms with Crippen LogP contribution in [-0.4, -0.2) is 39.8 Å². The monoisotopic (exact) mass is 378 g/mol. The zero-order valence-electron chi connectivity index (χ0n) is 15.9. The van der Waals surface area contributed by atoms with Gasteiger partial charge in [-0.3, -0.25) is 24.3 Å². The summed E-state index contributed by atoms with van der Waals surface area (Å²) in [4.78, 5) is 45.6. The molecule has 1 aromatic carbocycles. The molecule has 3 amide bonds. The molecule has 1 saturated heterocycles. The lowest BCUT2D eigenvalue weighted by Gasteiger charge is -2.48. The van der Waals surface area contributed by atoms with Gasteiger partial charge in [-0.1, -0.05) is 12.1 Å². The molecule has 2 aromatic rings. The van der Waals surface area contributed by atoms with Crippen LogP contribution in [0.2, 0.25) is 0 Å². The fourth-order valence-corrected chi connectivity index (χ4v) is 4.11. The zero-order chi connectivity index (χ0) is 19.9. The predicted octanol–water partition coefficient (Wildman–Crippen LogP) is 2.26. The number of nitrogens with one attached hydrogen (secondary N) is 1. The number of amides is 3. The van der Waals surface area contributed by atoms with E-state index in [2.05, 4.69) is 10.3 Å². The first-order chi connectivity index (χ1) is 13.4. The third kappa shape index (κ3) is 2.83. The number of rotatable bonds is 4. The van der Waals surface area contributed by atoms with Crippen LogP contribution in [0.4, 0.5) is 5.69 Å². The first kappa shape index (κ1) is 18.2. The summed E-state index contributed by atoms with van der Waals surface area (Å²) in [6.07, 6.45) is 4.20. The normalized spacial score (nSPS) is 21.9. The highest BCUT2D eigenvalue weighted by molar-refractivity contribution is 6.11. The molecular weight excluding hydrogens is 356 g/mol. The molecular formula is C21H22N4O3. The second-order valence-electron chi connectivity index (χ2n) is 7.42. The summed E-state index contributed by atoms with van der Waals surface area (Å²) in [5.41, 5.74) is 1.17. The Bertz CT molecular complexity index is 946. The lowest BCUT2D eigenvalue weighted by Crippen LogP contribution is -2.63. The average molecular weight is 378 g/mol. The summed E-state index contributed by atoms with van der Waals surface area (Å²) >= 11 is 0. The van der Waals surface area contributed by atoms with E-state index < -0.39 is 5.66 Å². The number of hydrogen-bond donors (Lipinski definition) is 1. The van der Waals surface area contributed by atoms with Crippen molar-refractivity contribution in [2.75, 3.05) is 11.4 Å². The maximum absolute atomic E-state index is 13.2. The van der Waals surface area contributed by atoms with Crippen LogP contribution in [0.25, 0.3) is 0 Å². The van der Waals surface area contributed by atoms with Crippen molar-refractivity contribution in [3.8, 4) is 0 Å². The van der Waals surface area contributed by atoms with Crippen molar-refractivity contribution in [2.45, 2.75) is 38.4 Å². The number of pyridine rings is 1. The number of hydrogen-bond acceptors (Lipinski definition) is 4. The molecule has 7 nitrogen and oxygen atoms in total. The highest BCUT2D eigenvalue weighted by atomic mass is 16.2. The van der Waals surface area contributed by atoms with E-state index in [0.717, 1.165) is 5.56 Å². The maximum atomic E-state index is 13.2. The standard InChI is InChI=1S/C21H22N4O3/c1-14(15-8-11-22-12-9-15)23-18(26)13-24-20(28)16-5-3-4-6-17(16)25-19(27)7-10-21(24,25)2/h3-6,8-9,11-12,14H,7,10,13H2,1-2H3,(H,23,26). The van der Waals surface area contributed by atoms with Gasteiger partial charge in [0.15, 0.2) is 0 Å². The van der Waals surface area contributed by atoms with E-state index in [9.17, 15) is 14.4 Å².